The highest BCUT2D eigenvalue weighted by Crippen LogP contribution is 2.16. The predicted molar refractivity (Wildman–Crippen MR) is 108 cm³/mol. The number of benzene rings is 1. The molecule has 1 aromatic carbocycles. The molecule has 0 saturated heterocycles. The van der Waals surface area contributed by atoms with Gasteiger partial charge in [0.1, 0.15) is 0 Å². The third-order valence-corrected chi connectivity index (χ3v) is 3.81. The number of rotatable bonds is 6. The van der Waals surface area contributed by atoms with E-state index >= 15 is 0 Å². The van der Waals surface area contributed by atoms with Gasteiger partial charge in [-0.25, -0.2) is 0 Å². The topological polar surface area (TPSA) is 75.3 Å². The normalized spacial score (nSPS) is 14.2. The van der Waals surface area contributed by atoms with Crippen molar-refractivity contribution in [2.45, 2.75) is 64.8 Å². The van der Waals surface area contributed by atoms with E-state index in [-0.39, 0.29) is 6.54 Å². The number of aliphatic carboxylic acids is 1. The monoisotopic (exact) mass is 348 g/mol. The number of carboxylic acids is 1. The predicted octanol–water partition coefficient (Wildman–Crippen LogP) is 4.46. The van der Waals surface area contributed by atoms with Crippen LogP contribution in [0.1, 0.15) is 64.4 Å². The van der Waals surface area contributed by atoms with E-state index in [9.17, 15) is 4.79 Å². The summed E-state index contributed by atoms with van der Waals surface area (Å²) in [5.74, 6) is -0.968. The average molecular weight is 349 g/mol. The molecule has 1 aromatic rings. The minimum absolute atomic E-state index is 0.278. The molecule has 0 spiro atoms. The Bertz CT molecular complexity index is 440. The Morgan fingerprint density at radius 1 is 1.20 bits per heavy atom. The first kappa shape index (κ1) is 23.4. The summed E-state index contributed by atoms with van der Waals surface area (Å²) in [4.78, 5) is 9.24. The largest absolute Gasteiger partial charge is 0.480 e. The van der Waals surface area contributed by atoms with E-state index in [1.165, 1.54) is 50.6 Å². The lowest BCUT2D eigenvalue weighted by atomic mass is 9.95. The van der Waals surface area contributed by atoms with Crippen molar-refractivity contribution in [3.05, 3.63) is 42.0 Å². The van der Waals surface area contributed by atoms with Gasteiger partial charge in [0.2, 0.25) is 0 Å². The van der Waals surface area contributed by atoms with Crippen LogP contribution < -0.4 is 11.1 Å². The average Bonchev–Trinajstić information content (AvgIpc) is 2.67. The molecule has 4 nitrogen and oxygen atoms in total. The molecule has 0 radical (unpaired) electrons. The summed E-state index contributed by atoms with van der Waals surface area (Å²) in [5.41, 5.74) is 5.85. The Morgan fingerprint density at radius 2 is 1.80 bits per heavy atom. The van der Waals surface area contributed by atoms with Crippen molar-refractivity contribution in [3.8, 4) is 0 Å². The van der Waals surface area contributed by atoms with Crippen LogP contribution in [-0.4, -0.2) is 30.2 Å². The molecule has 1 aliphatic rings. The third kappa shape index (κ3) is 15.6. The van der Waals surface area contributed by atoms with Gasteiger partial charge in [0, 0.05) is 6.04 Å². The van der Waals surface area contributed by atoms with E-state index < -0.39 is 5.97 Å². The molecule has 2 rings (SSSR count). The quantitative estimate of drug-likeness (QED) is 0.709. The number of hydrogen-bond donors (Lipinski definition) is 3. The van der Waals surface area contributed by atoms with Crippen LogP contribution in [0.3, 0.4) is 0 Å². The molecule has 0 aromatic heterocycles. The van der Waals surface area contributed by atoms with E-state index in [2.05, 4.69) is 61.3 Å². The summed E-state index contributed by atoms with van der Waals surface area (Å²) in [7, 11) is 0. The van der Waals surface area contributed by atoms with E-state index in [0.717, 1.165) is 12.5 Å². The van der Waals surface area contributed by atoms with E-state index in [4.69, 9.17) is 5.11 Å². The van der Waals surface area contributed by atoms with Gasteiger partial charge in [-0.05, 0) is 37.8 Å². The zero-order chi connectivity index (χ0) is 18.8. The van der Waals surface area contributed by atoms with Gasteiger partial charge in [0.15, 0.2) is 0 Å². The maximum atomic E-state index is 9.24. The van der Waals surface area contributed by atoms with E-state index in [1.54, 1.807) is 0 Å². The van der Waals surface area contributed by atoms with Crippen molar-refractivity contribution < 1.29 is 9.90 Å². The maximum absolute atomic E-state index is 9.24. The molecule has 0 aliphatic heterocycles. The number of carboxylic acid groups (broad SMARTS) is 1. The highest BCUT2D eigenvalue weighted by molar-refractivity contribution is 5.68. The van der Waals surface area contributed by atoms with Crippen LogP contribution in [0.2, 0.25) is 0 Å². The molecule has 0 heterocycles. The minimum Gasteiger partial charge on any atom is -0.480 e. The van der Waals surface area contributed by atoms with Crippen molar-refractivity contribution in [1.29, 1.82) is 0 Å². The van der Waals surface area contributed by atoms with Gasteiger partial charge in [0.25, 0.3) is 0 Å². The lowest BCUT2D eigenvalue weighted by Crippen LogP contribution is -2.31. The summed E-state index contributed by atoms with van der Waals surface area (Å²) in [6.07, 6.45) is 13.9. The number of allylic oxidation sites excluding steroid dienone is 1. The van der Waals surface area contributed by atoms with Gasteiger partial charge in [-0.15, -0.1) is 0 Å². The number of carbonyl (C=O) groups is 1. The molecule has 25 heavy (non-hydrogen) atoms. The summed E-state index contributed by atoms with van der Waals surface area (Å²) in [6, 6.07) is 11.2. The van der Waals surface area contributed by atoms with Gasteiger partial charge < -0.3 is 16.2 Å². The molecule has 0 atom stereocenters. The van der Waals surface area contributed by atoms with Crippen LogP contribution in [0.4, 0.5) is 0 Å². The molecular weight excluding hydrogens is 312 g/mol. The Morgan fingerprint density at radius 3 is 2.28 bits per heavy atom. The first-order valence-corrected chi connectivity index (χ1v) is 9.50. The summed E-state index contributed by atoms with van der Waals surface area (Å²) < 4.78 is 0. The molecule has 0 bridgehead atoms. The molecule has 1 saturated carbocycles. The maximum Gasteiger partial charge on any atom is 0.317 e. The smallest absolute Gasteiger partial charge is 0.317 e. The SMILES string of the molecule is CC/C=C\c1ccccc1.CCCNC1CCCCC1.NCC(=O)O. The van der Waals surface area contributed by atoms with E-state index in [0.29, 0.717) is 0 Å². The van der Waals surface area contributed by atoms with Crippen LogP contribution in [0, 0.1) is 0 Å². The number of nitrogens with one attached hydrogen (secondary N) is 1. The van der Waals surface area contributed by atoms with Crippen molar-refractivity contribution in [1.82, 2.24) is 5.32 Å². The van der Waals surface area contributed by atoms with Crippen molar-refractivity contribution in [2.75, 3.05) is 13.1 Å². The van der Waals surface area contributed by atoms with Gasteiger partial charge in [0.05, 0.1) is 6.54 Å². The summed E-state index contributed by atoms with van der Waals surface area (Å²) in [6.45, 7) is 5.31. The fourth-order valence-corrected chi connectivity index (χ4v) is 2.47. The molecule has 1 fully saturated rings. The Balaban J connectivity index is 0.000000368. The molecular formula is C21H36N2O2. The molecule has 0 amide bonds. The van der Waals surface area contributed by atoms with Crippen LogP contribution in [-0.2, 0) is 4.79 Å². The molecule has 142 valence electrons. The van der Waals surface area contributed by atoms with Crippen LogP contribution in [0.25, 0.3) is 6.08 Å². The second-order valence-electron chi connectivity index (χ2n) is 6.11. The first-order valence-electron chi connectivity index (χ1n) is 9.50. The van der Waals surface area contributed by atoms with Gasteiger partial charge in [-0.1, -0.05) is 75.6 Å². The second kappa shape index (κ2) is 17.2. The lowest BCUT2D eigenvalue weighted by molar-refractivity contribution is -0.135. The fraction of sp³-hybridized carbons (Fsp3) is 0.571. The molecule has 4 heteroatoms. The fourth-order valence-electron chi connectivity index (χ4n) is 2.47. The van der Waals surface area contributed by atoms with Crippen LogP contribution in [0.5, 0.6) is 0 Å². The zero-order valence-electron chi connectivity index (χ0n) is 15.9. The van der Waals surface area contributed by atoms with Crippen molar-refractivity contribution >= 4 is 12.0 Å². The standard InChI is InChI=1S/C10H12.C9H19N.C2H5NO2/c1-2-3-7-10-8-5-4-6-9-10;1-2-8-10-9-6-4-3-5-7-9;3-1-2(4)5/h3-9H,2H2,1H3;9-10H,2-8H2,1H3;1,3H2,(H,4,5)/b7-3-;;. The molecule has 0 unspecified atom stereocenters. The summed E-state index contributed by atoms with van der Waals surface area (Å²) in [5, 5.41) is 11.2. The molecule has 4 N–H and O–H groups in total. The third-order valence-electron chi connectivity index (χ3n) is 3.81. The van der Waals surface area contributed by atoms with Crippen LogP contribution >= 0.6 is 0 Å². The number of hydrogen-bond acceptors (Lipinski definition) is 3. The second-order valence-corrected chi connectivity index (χ2v) is 6.11. The zero-order valence-corrected chi connectivity index (χ0v) is 15.9. The Hall–Kier alpha value is -1.65. The molecule has 1 aliphatic carbocycles. The Labute approximate surface area is 153 Å². The van der Waals surface area contributed by atoms with Crippen LogP contribution in [0.15, 0.2) is 36.4 Å². The van der Waals surface area contributed by atoms with Gasteiger partial charge in [-0.3, -0.25) is 4.79 Å². The van der Waals surface area contributed by atoms with E-state index in [1.807, 2.05) is 6.07 Å². The van der Waals surface area contributed by atoms with Crippen molar-refractivity contribution in [3.63, 3.8) is 0 Å². The summed E-state index contributed by atoms with van der Waals surface area (Å²) >= 11 is 0. The Kier molecular flexibility index (Phi) is 16.0. The minimum atomic E-state index is -0.968. The first-order chi connectivity index (χ1) is 12.1. The van der Waals surface area contributed by atoms with Gasteiger partial charge in [-0.2, -0.15) is 0 Å². The highest BCUT2D eigenvalue weighted by atomic mass is 16.4. The highest BCUT2D eigenvalue weighted by Gasteiger charge is 2.10. The van der Waals surface area contributed by atoms with Crippen molar-refractivity contribution in [2.24, 2.45) is 5.73 Å². The van der Waals surface area contributed by atoms with Gasteiger partial charge >= 0.3 is 5.97 Å². The number of nitrogens with two attached hydrogens (primary N) is 1. The lowest BCUT2D eigenvalue weighted by Gasteiger charge is -2.22.